The molecule has 1 aromatic carbocycles. The van der Waals surface area contributed by atoms with E-state index in [-0.39, 0.29) is 5.25 Å². The molecule has 0 aliphatic heterocycles. The number of nitrogens with two attached hydrogens (primary N) is 1. The normalized spacial score (nSPS) is 18.8. The molecule has 0 bridgehead atoms. The van der Waals surface area contributed by atoms with Crippen LogP contribution in [0.2, 0.25) is 5.02 Å². The third kappa shape index (κ3) is 3.10. The van der Waals surface area contributed by atoms with E-state index in [1.54, 1.807) is 11.8 Å². The quantitative estimate of drug-likeness (QED) is 0.849. The maximum atomic E-state index is 6.36. The SMILES string of the molecule is CC(Sc1ccccc1Cl)c1nc(C2(N)CCCC2)no1. The molecule has 0 saturated heterocycles. The summed E-state index contributed by atoms with van der Waals surface area (Å²) in [5.41, 5.74) is 5.95. The Kier molecular flexibility index (Phi) is 4.24. The van der Waals surface area contributed by atoms with Crippen molar-refractivity contribution in [2.45, 2.75) is 48.3 Å². The third-order valence-electron chi connectivity index (χ3n) is 3.87. The van der Waals surface area contributed by atoms with Crippen LogP contribution < -0.4 is 5.73 Å². The minimum Gasteiger partial charge on any atom is -0.338 e. The molecular weight excluding hydrogens is 306 g/mol. The fourth-order valence-corrected chi connectivity index (χ4v) is 3.80. The lowest BCUT2D eigenvalue weighted by Crippen LogP contribution is -2.34. The molecular formula is C15H18ClN3OS. The van der Waals surface area contributed by atoms with E-state index in [2.05, 4.69) is 10.1 Å². The van der Waals surface area contributed by atoms with E-state index in [4.69, 9.17) is 21.9 Å². The molecule has 2 aromatic rings. The van der Waals surface area contributed by atoms with Crippen LogP contribution in [0.25, 0.3) is 0 Å². The number of hydrogen-bond donors (Lipinski definition) is 1. The predicted molar refractivity (Wildman–Crippen MR) is 84.4 cm³/mol. The monoisotopic (exact) mass is 323 g/mol. The van der Waals surface area contributed by atoms with Gasteiger partial charge in [-0.3, -0.25) is 0 Å². The Bertz CT molecular complexity index is 625. The van der Waals surface area contributed by atoms with Gasteiger partial charge in [0.15, 0.2) is 5.82 Å². The number of aromatic nitrogens is 2. The molecule has 1 fully saturated rings. The summed E-state index contributed by atoms with van der Waals surface area (Å²) in [4.78, 5) is 5.53. The molecule has 112 valence electrons. The lowest BCUT2D eigenvalue weighted by molar-refractivity contribution is 0.349. The van der Waals surface area contributed by atoms with E-state index in [1.165, 1.54) is 0 Å². The molecule has 1 aliphatic rings. The Morgan fingerprint density at radius 2 is 2.05 bits per heavy atom. The molecule has 21 heavy (non-hydrogen) atoms. The molecule has 1 heterocycles. The average Bonchev–Trinajstić information content (AvgIpc) is 3.11. The minimum atomic E-state index is -0.406. The Hall–Kier alpha value is -1.04. The molecule has 6 heteroatoms. The standard InChI is InChI=1S/C15H18ClN3OS/c1-10(21-12-7-3-2-6-11(12)16)13-18-14(19-20-13)15(17)8-4-5-9-15/h2-3,6-7,10H,4-5,8-9,17H2,1H3. The summed E-state index contributed by atoms with van der Waals surface area (Å²) in [5.74, 6) is 1.24. The Labute approximate surface area is 133 Å². The van der Waals surface area contributed by atoms with Gasteiger partial charge in [-0.2, -0.15) is 4.98 Å². The third-order valence-corrected chi connectivity index (χ3v) is 5.48. The van der Waals surface area contributed by atoms with Crippen molar-refractivity contribution in [1.82, 2.24) is 10.1 Å². The first-order valence-corrected chi connectivity index (χ1v) is 8.38. The highest BCUT2D eigenvalue weighted by Gasteiger charge is 2.36. The summed E-state index contributed by atoms with van der Waals surface area (Å²) in [6, 6.07) is 7.75. The molecule has 0 spiro atoms. The topological polar surface area (TPSA) is 64.9 Å². The first-order chi connectivity index (χ1) is 10.1. The largest absolute Gasteiger partial charge is 0.338 e. The zero-order valence-electron chi connectivity index (χ0n) is 11.9. The van der Waals surface area contributed by atoms with Crippen LogP contribution >= 0.6 is 23.4 Å². The van der Waals surface area contributed by atoms with Crippen LogP contribution in [0.1, 0.15) is 49.6 Å². The summed E-state index contributed by atoms with van der Waals surface area (Å²) >= 11 is 7.79. The van der Waals surface area contributed by atoms with Crippen molar-refractivity contribution < 1.29 is 4.52 Å². The second-order valence-corrected chi connectivity index (χ2v) is 7.30. The van der Waals surface area contributed by atoms with E-state index in [1.807, 2.05) is 31.2 Å². The minimum absolute atomic E-state index is 0.0381. The number of halogens is 1. The Balaban J connectivity index is 1.75. The van der Waals surface area contributed by atoms with Gasteiger partial charge in [0.25, 0.3) is 0 Å². The van der Waals surface area contributed by atoms with Gasteiger partial charge in [-0.1, -0.05) is 41.7 Å². The second-order valence-electron chi connectivity index (χ2n) is 5.51. The number of benzene rings is 1. The van der Waals surface area contributed by atoms with Gasteiger partial charge in [0.2, 0.25) is 5.89 Å². The molecule has 1 saturated carbocycles. The summed E-state index contributed by atoms with van der Waals surface area (Å²) in [6.45, 7) is 2.03. The zero-order valence-corrected chi connectivity index (χ0v) is 13.5. The molecule has 1 aliphatic carbocycles. The van der Waals surface area contributed by atoms with E-state index in [0.717, 1.165) is 35.6 Å². The number of thioether (sulfide) groups is 1. The molecule has 2 N–H and O–H groups in total. The van der Waals surface area contributed by atoms with Crippen LogP contribution in [0, 0.1) is 0 Å². The Morgan fingerprint density at radius 3 is 2.76 bits per heavy atom. The van der Waals surface area contributed by atoms with Gasteiger partial charge in [-0.15, -0.1) is 11.8 Å². The number of nitrogens with zero attached hydrogens (tertiary/aromatic N) is 2. The van der Waals surface area contributed by atoms with Gasteiger partial charge >= 0.3 is 0 Å². The van der Waals surface area contributed by atoms with E-state index < -0.39 is 5.54 Å². The van der Waals surface area contributed by atoms with Gasteiger partial charge < -0.3 is 10.3 Å². The Morgan fingerprint density at radius 1 is 1.33 bits per heavy atom. The average molecular weight is 324 g/mol. The fraction of sp³-hybridized carbons (Fsp3) is 0.467. The lowest BCUT2D eigenvalue weighted by Gasteiger charge is -2.17. The molecule has 3 rings (SSSR count). The highest BCUT2D eigenvalue weighted by atomic mass is 35.5. The highest BCUT2D eigenvalue weighted by Crippen LogP contribution is 2.39. The molecule has 4 nitrogen and oxygen atoms in total. The van der Waals surface area contributed by atoms with Crippen molar-refractivity contribution in [3.8, 4) is 0 Å². The maximum absolute atomic E-state index is 6.36. The molecule has 0 amide bonds. The highest BCUT2D eigenvalue weighted by molar-refractivity contribution is 7.99. The fourth-order valence-electron chi connectivity index (χ4n) is 2.61. The maximum Gasteiger partial charge on any atom is 0.239 e. The van der Waals surface area contributed by atoms with Crippen LogP contribution in [0.15, 0.2) is 33.7 Å². The van der Waals surface area contributed by atoms with Gasteiger partial charge in [0, 0.05) is 4.90 Å². The van der Waals surface area contributed by atoms with Crippen LogP contribution in [0.4, 0.5) is 0 Å². The van der Waals surface area contributed by atoms with E-state index >= 15 is 0 Å². The lowest BCUT2D eigenvalue weighted by atomic mass is 9.99. The summed E-state index contributed by atoms with van der Waals surface area (Å²) < 4.78 is 5.41. The summed E-state index contributed by atoms with van der Waals surface area (Å²) in [7, 11) is 0. The zero-order chi connectivity index (χ0) is 14.9. The van der Waals surface area contributed by atoms with Gasteiger partial charge in [-0.05, 0) is 31.9 Å². The van der Waals surface area contributed by atoms with E-state index in [9.17, 15) is 0 Å². The molecule has 0 radical (unpaired) electrons. The summed E-state index contributed by atoms with van der Waals surface area (Å²) in [6.07, 6.45) is 4.12. The van der Waals surface area contributed by atoms with Crippen molar-refractivity contribution in [2.24, 2.45) is 5.73 Å². The number of hydrogen-bond acceptors (Lipinski definition) is 5. The van der Waals surface area contributed by atoms with Crippen LogP contribution in [0.3, 0.4) is 0 Å². The van der Waals surface area contributed by atoms with Crippen molar-refractivity contribution in [3.05, 3.63) is 41.0 Å². The van der Waals surface area contributed by atoms with E-state index in [0.29, 0.717) is 11.7 Å². The summed E-state index contributed by atoms with van der Waals surface area (Å²) in [5, 5.41) is 4.87. The van der Waals surface area contributed by atoms with Crippen LogP contribution in [-0.2, 0) is 5.54 Å². The second kappa shape index (κ2) is 5.99. The van der Waals surface area contributed by atoms with Gasteiger partial charge in [-0.25, -0.2) is 0 Å². The molecule has 1 atom stereocenters. The van der Waals surface area contributed by atoms with Crippen molar-refractivity contribution in [1.29, 1.82) is 0 Å². The number of rotatable bonds is 4. The molecule has 1 aromatic heterocycles. The first kappa shape index (κ1) is 14.9. The van der Waals surface area contributed by atoms with Crippen LogP contribution in [0.5, 0.6) is 0 Å². The predicted octanol–water partition coefficient (Wildman–Crippen LogP) is 4.30. The van der Waals surface area contributed by atoms with Crippen molar-refractivity contribution in [3.63, 3.8) is 0 Å². The molecule has 1 unspecified atom stereocenters. The van der Waals surface area contributed by atoms with Gasteiger partial charge in [0.1, 0.15) is 0 Å². The van der Waals surface area contributed by atoms with Gasteiger partial charge in [0.05, 0.1) is 15.8 Å². The van der Waals surface area contributed by atoms with Crippen LogP contribution in [-0.4, -0.2) is 10.1 Å². The smallest absolute Gasteiger partial charge is 0.239 e. The van der Waals surface area contributed by atoms with Crippen molar-refractivity contribution >= 4 is 23.4 Å². The first-order valence-electron chi connectivity index (χ1n) is 7.13. The van der Waals surface area contributed by atoms with Crippen molar-refractivity contribution in [2.75, 3.05) is 0 Å².